The second kappa shape index (κ2) is 6.75. The Labute approximate surface area is 151 Å². The summed E-state index contributed by atoms with van der Waals surface area (Å²) in [5.41, 5.74) is 0.387. The lowest BCUT2D eigenvalue weighted by Crippen LogP contribution is -2.50. The van der Waals surface area contributed by atoms with Crippen LogP contribution in [0.1, 0.15) is 18.1 Å². The standard InChI is InChI=1S/C19H17ClN2O3/c1-19(24,12-25-15-7-5-14(20)6-8-15)18(23)22-10-9-16-13(11-21)3-2-4-17(16)22/h2-8,24H,9-10,12H2,1H3/t19-/m0/s1. The van der Waals surface area contributed by atoms with Crippen LogP contribution < -0.4 is 9.64 Å². The monoisotopic (exact) mass is 356 g/mol. The third-order valence-corrected chi connectivity index (χ3v) is 4.44. The Balaban J connectivity index is 1.75. The smallest absolute Gasteiger partial charge is 0.262 e. The fourth-order valence-electron chi connectivity index (χ4n) is 2.86. The van der Waals surface area contributed by atoms with E-state index in [4.69, 9.17) is 16.3 Å². The number of rotatable bonds is 4. The van der Waals surface area contributed by atoms with E-state index in [1.807, 2.05) is 0 Å². The lowest BCUT2D eigenvalue weighted by Gasteiger charge is -2.28. The van der Waals surface area contributed by atoms with Crippen molar-refractivity contribution in [3.8, 4) is 11.8 Å². The van der Waals surface area contributed by atoms with E-state index in [1.165, 1.54) is 11.8 Å². The summed E-state index contributed by atoms with van der Waals surface area (Å²) in [6, 6.07) is 14.1. The Morgan fingerprint density at radius 3 is 2.76 bits per heavy atom. The van der Waals surface area contributed by atoms with E-state index < -0.39 is 11.5 Å². The van der Waals surface area contributed by atoms with Crippen molar-refractivity contribution in [1.82, 2.24) is 0 Å². The number of carbonyl (C=O) groups excluding carboxylic acids is 1. The van der Waals surface area contributed by atoms with Gasteiger partial charge in [0.05, 0.1) is 11.6 Å². The normalized spacial score (nSPS) is 15.2. The topological polar surface area (TPSA) is 73.6 Å². The molecule has 128 valence electrons. The van der Waals surface area contributed by atoms with Crippen LogP contribution in [-0.2, 0) is 11.2 Å². The SMILES string of the molecule is C[C@](O)(COc1ccc(Cl)cc1)C(=O)N1CCc2c(C#N)cccc21. The highest BCUT2D eigenvalue weighted by atomic mass is 35.5. The van der Waals surface area contributed by atoms with E-state index in [0.717, 1.165) is 5.56 Å². The van der Waals surface area contributed by atoms with Crippen molar-refractivity contribution in [3.05, 3.63) is 58.6 Å². The lowest BCUT2D eigenvalue weighted by molar-refractivity contribution is -0.137. The van der Waals surface area contributed by atoms with Gasteiger partial charge in [-0.1, -0.05) is 17.7 Å². The summed E-state index contributed by atoms with van der Waals surface area (Å²) in [4.78, 5) is 14.3. The molecule has 0 radical (unpaired) electrons. The number of hydrogen-bond acceptors (Lipinski definition) is 4. The number of fused-ring (bicyclic) bond motifs is 1. The van der Waals surface area contributed by atoms with E-state index in [1.54, 1.807) is 42.5 Å². The number of amides is 1. The summed E-state index contributed by atoms with van der Waals surface area (Å²) >= 11 is 5.82. The molecule has 0 bridgehead atoms. The number of anilines is 1. The maximum atomic E-state index is 12.8. The van der Waals surface area contributed by atoms with Crippen molar-refractivity contribution in [2.75, 3.05) is 18.1 Å². The summed E-state index contributed by atoms with van der Waals surface area (Å²) in [6.45, 7) is 1.68. The van der Waals surface area contributed by atoms with Gasteiger partial charge < -0.3 is 14.7 Å². The first-order valence-corrected chi connectivity index (χ1v) is 8.25. The van der Waals surface area contributed by atoms with E-state index in [-0.39, 0.29) is 6.61 Å². The molecule has 0 saturated heterocycles. The van der Waals surface area contributed by atoms with Crippen molar-refractivity contribution in [3.63, 3.8) is 0 Å². The molecule has 1 atom stereocenters. The Morgan fingerprint density at radius 2 is 2.08 bits per heavy atom. The summed E-state index contributed by atoms with van der Waals surface area (Å²) in [5, 5.41) is 20.4. The van der Waals surface area contributed by atoms with E-state index in [0.29, 0.717) is 35.0 Å². The van der Waals surface area contributed by atoms with Crippen LogP contribution in [0.15, 0.2) is 42.5 Å². The molecule has 2 aromatic carbocycles. The van der Waals surface area contributed by atoms with E-state index >= 15 is 0 Å². The van der Waals surface area contributed by atoms with Crippen LogP contribution in [0.2, 0.25) is 5.02 Å². The van der Waals surface area contributed by atoms with Gasteiger partial charge in [-0.3, -0.25) is 4.79 Å². The van der Waals surface area contributed by atoms with Crippen LogP contribution in [0.4, 0.5) is 5.69 Å². The first-order valence-electron chi connectivity index (χ1n) is 7.87. The molecule has 1 amide bonds. The number of carbonyl (C=O) groups is 1. The Kier molecular flexibility index (Phi) is 4.67. The minimum atomic E-state index is -1.69. The average molecular weight is 357 g/mol. The number of nitrogens with zero attached hydrogens (tertiary/aromatic N) is 2. The number of benzene rings is 2. The fourth-order valence-corrected chi connectivity index (χ4v) is 2.98. The van der Waals surface area contributed by atoms with Crippen LogP contribution in [0.5, 0.6) is 5.75 Å². The lowest BCUT2D eigenvalue weighted by atomic mass is 10.0. The van der Waals surface area contributed by atoms with Gasteiger partial charge in [0.15, 0.2) is 5.60 Å². The molecule has 1 N–H and O–H groups in total. The molecule has 0 spiro atoms. The largest absolute Gasteiger partial charge is 0.490 e. The second-order valence-electron chi connectivity index (χ2n) is 6.14. The molecule has 1 heterocycles. The highest BCUT2D eigenvalue weighted by molar-refractivity contribution is 6.30. The summed E-state index contributed by atoms with van der Waals surface area (Å²) in [7, 11) is 0. The van der Waals surface area contributed by atoms with Gasteiger partial charge in [0, 0.05) is 17.3 Å². The van der Waals surface area contributed by atoms with Crippen LogP contribution in [-0.4, -0.2) is 29.8 Å². The van der Waals surface area contributed by atoms with Gasteiger partial charge in [-0.2, -0.15) is 5.26 Å². The highest BCUT2D eigenvalue weighted by Gasteiger charge is 2.39. The van der Waals surface area contributed by atoms with E-state index in [9.17, 15) is 15.2 Å². The molecule has 25 heavy (non-hydrogen) atoms. The molecular formula is C19H17ClN2O3. The van der Waals surface area contributed by atoms with Gasteiger partial charge in [0.25, 0.3) is 5.91 Å². The first kappa shape index (κ1) is 17.3. The zero-order valence-electron chi connectivity index (χ0n) is 13.7. The van der Waals surface area contributed by atoms with Crippen molar-refractivity contribution < 1.29 is 14.6 Å². The van der Waals surface area contributed by atoms with Gasteiger partial charge in [-0.25, -0.2) is 0 Å². The molecule has 1 aliphatic heterocycles. The minimum absolute atomic E-state index is 0.183. The van der Waals surface area contributed by atoms with E-state index in [2.05, 4.69) is 6.07 Å². The minimum Gasteiger partial charge on any atom is -0.490 e. The predicted molar refractivity (Wildman–Crippen MR) is 94.8 cm³/mol. The molecule has 5 nitrogen and oxygen atoms in total. The van der Waals surface area contributed by atoms with Crippen LogP contribution in [0.25, 0.3) is 0 Å². The number of hydrogen-bond donors (Lipinski definition) is 1. The third-order valence-electron chi connectivity index (χ3n) is 4.19. The zero-order valence-corrected chi connectivity index (χ0v) is 14.5. The third kappa shape index (κ3) is 3.46. The maximum Gasteiger partial charge on any atom is 0.262 e. The molecule has 0 fully saturated rings. The van der Waals surface area contributed by atoms with Crippen molar-refractivity contribution in [2.24, 2.45) is 0 Å². The molecule has 3 rings (SSSR count). The van der Waals surface area contributed by atoms with Crippen LogP contribution in [0.3, 0.4) is 0 Å². The average Bonchev–Trinajstić information content (AvgIpc) is 3.04. The van der Waals surface area contributed by atoms with Gasteiger partial charge >= 0.3 is 0 Å². The Bertz CT molecular complexity index is 841. The zero-order chi connectivity index (χ0) is 18.0. The molecule has 0 aromatic heterocycles. The molecule has 0 saturated carbocycles. The van der Waals surface area contributed by atoms with Gasteiger partial charge in [0.2, 0.25) is 0 Å². The van der Waals surface area contributed by atoms with Crippen molar-refractivity contribution in [1.29, 1.82) is 5.26 Å². The summed E-state index contributed by atoms with van der Waals surface area (Å²) in [5.74, 6) is 0.0707. The quantitative estimate of drug-likeness (QED) is 0.914. The first-order chi connectivity index (χ1) is 11.9. The van der Waals surface area contributed by atoms with Gasteiger partial charge in [-0.15, -0.1) is 0 Å². The summed E-state index contributed by atoms with van der Waals surface area (Å²) in [6.07, 6.45) is 0.596. The highest BCUT2D eigenvalue weighted by Crippen LogP contribution is 2.32. The number of nitriles is 1. The maximum absolute atomic E-state index is 12.8. The Morgan fingerprint density at radius 1 is 1.36 bits per heavy atom. The fraction of sp³-hybridized carbons (Fsp3) is 0.263. The predicted octanol–water partition coefficient (Wildman–Crippen LogP) is 2.93. The van der Waals surface area contributed by atoms with Crippen molar-refractivity contribution >= 4 is 23.2 Å². The van der Waals surface area contributed by atoms with Crippen molar-refractivity contribution in [2.45, 2.75) is 18.9 Å². The molecular weight excluding hydrogens is 340 g/mol. The van der Waals surface area contributed by atoms with Gasteiger partial charge in [0.1, 0.15) is 12.4 Å². The van der Waals surface area contributed by atoms with Crippen LogP contribution >= 0.6 is 11.6 Å². The molecule has 2 aromatic rings. The molecule has 1 aliphatic rings. The number of aliphatic hydroxyl groups is 1. The molecule has 6 heteroatoms. The second-order valence-corrected chi connectivity index (χ2v) is 6.57. The molecule has 0 unspecified atom stereocenters. The van der Waals surface area contributed by atoms with Gasteiger partial charge in [-0.05, 0) is 55.3 Å². The number of ether oxygens (including phenoxy) is 1. The molecule has 0 aliphatic carbocycles. The van der Waals surface area contributed by atoms with Crippen LogP contribution in [0, 0.1) is 11.3 Å². The number of halogens is 1. The summed E-state index contributed by atoms with van der Waals surface area (Å²) < 4.78 is 5.53. The Hall–Kier alpha value is -2.55.